The van der Waals surface area contributed by atoms with Gasteiger partial charge in [0.1, 0.15) is 24.0 Å². The fraction of sp³-hybridized carbons (Fsp3) is 0.353. The van der Waals surface area contributed by atoms with Crippen LogP contribution >= 0.6 is 11.8 Å². The number of aromatic nitrogens is 2. The first-order valence-electron chi connectivity index (χ1n) is 8.18. The molecule has 1 aromatic carbocycles. The van der Waals surface area contributed by atoms with Gasteiger partial charge in [0.2, 0.25) is 5.91 Å². The van der Waals surface area contributed by atoms with Crippen LogP contribution in [0.25, 0.3) is 0 Å². The number of carbonyl (C=O) groups excluding carboxylic acids is 2. The number of carbonyl (C=O) groups is 2. The number of anilines is 1. The summed E-state index contributed by atoms with van der Waals surface area (Å²) in [5.41, 5.74) is 1.30. The van der Waals surface area contributed by atoms with Crippen molar-refractivity contribution < 1.29 is 23.1 Å². The van der Waals surface area contributed by atoms with E-state index in [-0.39, 0.29) is 18.0 Å². The summed E-state index contributed by atoms with van der Waals surface area (Å²) in [4.78, 5) is 24.5. The lowest BCUT2D eigenvalue weighted by Gasteiger charge is -2.11. The Bertz CT molecular complexity index is 872. The number of nitrogens with zero attached hydrogens (tertiary/aromatic N) is 2. The molecule has 1 aromatic heterocycles. The molecule has 0 saturated heterocycles. The molecular weight excluding hydrogens is 378 g/mol. The van der Waals surface area contributed by atoms with Crippen LogP contribution < -0.4 is 10.6 Å². The van der Waals surface area contributed by atoms with E-state index in [1.165, 1.54) is 11.8 Å². The average Bonchev–Trinajstić information content (AvgIpc) is 3.18. The molecule has 2 N–H and O–H groups in total. The van der Waals surface area contributed by atoms with Gasteiger partial charge in [0.25, 0.3) is 5.91 Å². The van der Waals surface area contributed by atoms with Crippen LogP contribution in [0.1, 0.15) is 21.6 Å². The number of hydrogen-bond donors (Lipinski definition) is 2. The minimum absolute atomic E-state index is 0.0944. The van der Waals surface area contributed by atoms with E-state index in [1.807, 2.05) is 0 Å². The van der Waals surface area contributed by atoms with Gasteiger partial charge in [-0.25, -0.2) is 13.5 Å². The van der Waals surface area contributed by atoms with Gasteiger partial charge in [-0.3, -0.25) is 9.59 Å². The number of amides is 2. The molecule has 27 heavy (non-hydrogen) atoms. The lowest BCUT2D eigenvalue weighted by Crippen LogP contribution is -2.31. The SMILES string of the molecule is COCCNC(=O)Cn1nc2c(c1NC(=O)c1ccc(F)cc1F)CSC2. The first-order chi connectivity index (χ1) is 13.0. The Hall–Kier alpha value is -2.46. The Morgan fingerprint density at radius 2 is 2.15 bits per heavy atom. The largest absolute Gasteiger partial charge is 0.383 e. The van der Waals surface area contributed by atoms with E-state index in [4.69, 9.17) is 4.74 Å². The molecule has 0 fully saturated rings. The Balaban J connectivity index is 1.79. The summed E-state index contributed by atoms with van der Waals surface area (Å²) < 4.78 is 33.2. The van der Waals surface area contributed by atoms with Crippen molar-refractivity contribution in [2.75, 3.05) is 25.6 Å². The highest BCUT2D eigenvalue weighted by Gasteiger charge is 2.26. The van der Waals surface area contributed by atoms with Gasteiger partial charge in [-0.15, -0.1) is 0 Å². The van der Waals surface area contributed by atoms with Crippen molar-refractivity contribution in [3.63, 3.8) is 0 Å². The van der Waals surface area contributed by atoms with Crippen molar-refractivity contribution in [2.24, 2.45) is 0 Å². The molecule has 1 aliphatic heterocycles. The minimum atomic E-state index is -0.957. The van der Waals surface area contributed by atoms with Gasteiger partial charge in [-0.05, 0) is 12.1 Å². The van der Waals surface area contributed by atoms with Crippen LogP contribution in [0.15, 0.2) is 18.2 Å². The Morgan fingerprint density at radius 3 is 2.89 bits per heavy atom. The number of benzene rings is 1. The fourth-order valence-corrected chi connectivity index (χ4v) is 3.69. The van der Waals surface area contributed by atoms with Gasteiger partial charge in [0, 0.05) is 36.8 Å². The third-order valence-corrected chi connectivity index (χ3v) is 4.92. The van der Waals surface area contributed by atoms with E-state index < -0.39 is 17.5 Å². The molecule has 2 amide bonds. The van der Waals surface area contributed by atoms with Gasteiger partial charge in [0.05, 0.1) is 17.9 Å². The molecule has 7 nitrogen and oxygen atoms in total. The van der Waals surface area contributed by atoms with Crippen LogP contribution in [0.5, 0.6) is 0 Å². The van der Waals surface area contributed by atoms with E-state index in [0.717, 1.165) is 23.4 Å². The minimum Gasteiger partial charge on any atom is -0.383 e. The second-order valence-electron chi connectivity index (χ2n) is 5.85. The van der Waals surface area contributed by atoms with Gasteiger partial charge < -0.3 is 15.4 Å². The lowest BCUT2D eigenvalue weighted by atomic mass is 10.2. The highest BCUT2D eigenvalue weighted by molar-refractivity contribution is 7.98. The van der Waals surface area contributed by atoms with Crippen molar-refractivity contribution >= 4 is 29.4 Å². The number of halogens is 2. The van der Waals surface area contributed by atoms with Crippen LogP contribution in [0.3, 0.4) is 0 Å². The lowest BCUT2D eigenvalue weighted by molar-refractivity contribution is -0.122. The number of rotatable bonds is 7. The predicted octanol–water partition coefficient (Wildman–Crippen LogP) is 1.92. The second-order valence-corrected chi connectivity index (χ2v) is 6.83. The average molecular weight is 396 g/mol. The molecule has 2 heterocycles. The third kappa shape index (κ3) is 4.45. The van der Waals surface area contributed by atoms with Crippen molar-refractivity contribution in [3.05, 3.63) is 46.7 Å². The van der Waals surface area contributed by atoms with Crippen LogP contribution in [0.4, 0.5) is 14.6 Å². The molecule has 2 aromatic rings. The molecule has 0 radical (unpaired) electrons. The summed E-state index contributed by atoms with van der Waals surface area (Å²) in [6, 6.07) is 2.74. The van der Waals surface area contributed by atoms with Gasteiger partial charge in [-0.1, -0.05) is 0 Å². The zero-order valence-corrected chi connectivity index (χ0v) is 15.4. The highest BCUT2D eigenvalue weighted by Crippen LogP contribution is 2.35. The highest BCUT2D eigenvalue weighted by atomic mass is 32.2. The van der Waals surface area contributed by atoms with E-state index in [0.29, 0.717) is 36.5 Å². The van der Waals surface area contributed by atoms with Crippen molar-refractivity contribution in [3.8, 4) is 0 Å². The number of methoxy groups -OCH3 is 1. The predicted molar refractivity (Wildman–Crippen MR) is 96.4 cm³/mol. The first kappa shape index (κ1) is 19.3. The summed E-state index contributed by atoms with van der Waals surface area (Å²) in [5.74, 6) is -1.09. The maximum Gasteiger partial charge on any atom is 0.259 e. The summed E-state index contributed by atoms with van der Waals surface area (Å²) in [5, 5.41) is 9.68. The van der Waals surface area contributed by atoms with Gasteiger partial charge >= 0.3 is 0 Å². The molecule has 0 unspecified atom stereocenters. The Morgan fingerprint density at radius 1 is 1.33 bits per heavy atom. The Kier molecular flexibility index (Phi) is 6.07. The molecule has 0 atom stereocenters. The van der Waals surface area contributed by atoms with Crippen LogP contribution in [0, 0.1) is 11.6 Å². The zero-order valence-electron chi connectivity index (χ0n) is 14.6. The monoisotopic (exact) mass is 396 g/mol. The third-order valence-electron chi connectivity index (χ3n) is 3.95. The van der Waals surface area contributed by atoms with Gasteiger partial charge in [-0.2, -0.15) is 16.9 Å². The van der Waals surface area contributed by atoms with Crippen LogP contribution in [-0.2, 0) is 27.6 Å². The molecular formula is C17H18F2N4O3S. The molecule has 0 spiro atoms. The van der Waals surface area contributed by atoms with Crippen LogP contribution in [0.2, 0.25) is 0 Å². The number of ether oxygens (including phenoxy) is 1. The standard InChI is InChI=1S/C17H18F2N4O3S/c1-26-5-4-20-15(24)7-23-16(12-8-27-9-14(12)22-23)21-17(25)11-3-2-10(18)6-13(11)19/h2-3,6H,4-5,7-9H2,1H3,(H,20,24)(H,21,25). The number of thioether (sulfide) groups is 1. The number of hydrogen-bond acceptors (Lipinski definition) is 5. The molecule has 0 bridgehead atoms. The maximum atomic E-state index is 13.9. The van der Waals surface area contributed by atoms with E-state index >= 15 is 0 Å². The topological polar surface area (TPSA) is 85.2 Å². The number of fused-ring (bicyclic) bond motifs is 1. The smallest absolute Gasteiger partial charge is 0.259 e. The van der Waals surface area contributed by atoms with E-state index in [2.05, 4.69) is 15.7 Å². The quantitative estimate of drug-likeness (QED) is 0.699. The summed E-state index contributed by atoms with van der Waals surface area (Å²) in [6.45, 7) is 0.642. The Labute approximate surface area is 158 Å². The second kappa shape index (κ2) is 8.49. The maximum absolute atomic E-state index is 13.9. The fourth-order valence-electron chi connectivity index (χ4n) is 2.65. The van der Waals surface area contributed by atoms with E-state index in [9.17, 15) is 18.4 Å². The molecule has 144 valence electrons. The molecule has 0 saturated carbocycles. The summed E-state index contributed by atoms with van der Waals surface area (Å²) in [7, 11) is 1.53. The van der Waals surface area contributed by atoms with Crippen molar-refractivity contribution in [1.82, 2.24) is 15.1 Å². The van der Waals surface area contributed by atoms with Crippen molar-refractivity contribution in [1.29, 1.82) is 0 Å². The molecule has 1 aliphatic rings. The number of nitrogens with one attached hydrogen (secondary N) is 2. The zero-order chi connectivity index (χ0) is 19.4. The molecule has 10 heteroatoms. The summed E-state index contributed by atoms with van der Waals surface area (Å²) in [6.07, 6.45) is 0. The first-order valence-corrected chi connectivity index (χ1v) is 9.33. The van der Waals surface area contributed by atoms with Crippen LogP contribution in [-0.4, -0.2) is 41.9 Å². The van der Waals surface area contributed by atoms with E-state index in [1.54, 1.807) is 11.8 Å². The molecule has 0 aliphatic carbocycles. The summed E-state index contributed by atoms with van der Waals surface area (Å²) >= 11 is 1.63. The normalized spacial score (nSPS) is 12.7. The van der Waals surface area contributed by atoms with Crippen molar-refractivity contribution in [2.45, 2.75) is 18.1 Å². The molecule has 3 rings (SSSR count). The van der Waals surface area contributed by atoms with Gasteiger partial charge in [0.15, 0.2) is 0 Å².